The Kier molecular flexibility index (Phi) is 5.46. The molecular formula is C15H32N2. The van der Waals surface area contributed by atoms with Crippen LogP contribution in [0.4, 0.5) is 0 Å². The van der Waals surface area contributed by atoms with Gasteiger partial charge in [-0.3, -0.25) is 4.90 Å². The first-order chi connectivity index (χ1) is 7.92. The first-order valence-corrected chi connectivity index (χ1v) is 7.40. The minimum absolute atomic E-state index is 0.274. The van der Waals surface area contributed by atoms with Crippen LogP contribution in [-0.4, -0.2) is 29.6 Å². The molecule has 1 saturated carbocycles. The predicted octanol–water partition coefficient (Wildman–Crippen LogP) is 3.40. The third-order valence-electron chi connectivity index (χ3n) is 4.99. The highest BCUT2D eigenvalue weighted by molar-refractivity contribution is 4.93. The summed E-state index contributed by atoms with van der Waals surface area (Å²) >= 11 is 0. The van der Waals surface area contributed by atoms with Crippen molar-refractivity contribution in [1.82, 2.24) is 4.90 Å². The van der Waals surface area contributed by atoms with E-state index in [4.69, 9.17) is 5.73 Å². The van der Waals surface area contributed by atoms with E-state index in [0.29, 0.717) is 12.1 Å². The van der Waals surface area contributed by atoms with Crippen LogP contribution in [0, 0.1) is 5.92 Å². The van der Waals surface area contributed by atoms with Gasteiger partial charge in [-0.25, -0.2) is 0 Å². The quantitative estimate of drug-likeness (QED) is 0.798. The molecule has 1 fully saturated rings. The maximum Gasteiger partial charge on any atom is 0.0252 e. The van der Waals surface area contributed by atoms with Gasteiger partial charge < -0.3 is 5.73 Å². The number of hydrogen-bond acceptors (Lipinski definition) is 2. The van der Waals surface area contributed by atoms with Crippen molar-refractivity contribution in [2.45, 2.75) is 83.8 Å². The van der Waals surface area contributed by atoms with E-state index in [9.17, 15) is 0 Å². The molecule has 1 rings (SSSR count). The number of nitrogens with two attached hydrogens (primary N) is 1. The van der Waals surface area contributed by atoms with Gasteiger partial charge in [0, 0.05) is 17.6 Å². The van der Waals surface area contributed by atoms with Crippen LogP contribution in [0.25, 0.3) is 0 Å². The van der Waals surface area contributed by atoms with E-state index in [1.807, 2.05) is 0 Å². The van der Waals surface area contributed by atoms with Gasteiger partial charge in [0.05, 0.1) is 0 Å². The first kappa shape index (κ1) is 15.0. The summed E-state index contributed by atoms with van der Waals surface area (Å²) in [5.74, 6) is 0.903. The van der Waals surface area contributed by atoms with Crippen LogP contribution in [0.3, 0.4) is 0 Å². The lowest BCUT2D eigenvalue weighted by atomic mass is 9.78. The molecule has 0 aromatic rings. The third kappa shape index (κ3) is 3.69. The van der Waals surface area contributed by atoms with Crippen molar-refractivity contribution in [3.8, 4) is 0 Å². The van der Waals surface area contributed by atoms with Gasteiger partial charge in [-0.2, -0.15) is 0 Å². The normalized spacial score (nSPS) is 30.9. The molecule has 3 atom stereocenters. The van der Waals surface area contributed by atoms with E-state index in [1.165, 1.54) is 38.5 Å². The monoisotopic (exact) mass is 240 g/mol. The zero-order chi connectivity index (χ0) is 13.1. The summed E-state index contributed by atoms with van der Waals surface area (Å²) in [5.41, 5.74) is 6.62. The largest absolute Gasteiger partial charge is 0.326 e. The molecule has 17 heavy (non-hydrogen) atoms. The smallest absolute Gasteiger partial charge is 0.0252 e. The molecule has 0 bridgehead atoms. The van der Waals surface area contributed by atoms with Crippen LogP contribution in [-0.2, 0) is 0 Å². The van der Waals surface area contributed by atoms with E-state index in [1.54, 1.807) is 0 Å². The van der Waals surface area contributed by atoms with Gasteiger partial charge in [-0.15, -0.1) is 0 Å². The van der Waals surface area contributed by atoms with E-state index in [0.717, 1.165) is 5.92 Å². The van der Waals surface area contributed by atoms with Crippen LogP contribution in [0.5, 0.6) is 0 Å². The summed E-state index contributed by atoms with van der Waals surface area (Å²) in [7, 11) is 2.27. The molecule has 0 aromatic carbocycles. The maximum atomic E-state index is 6.35. The molecule has 0 saturated heterocycles. The molecule has 2 heteroatoms. The fraction of sp³-hybridized carbons (Fsp3) is 1.00. The second-order valence-electron chi connectivity index (χ2n) is 6.48. The molecule has 2 nitrogen and oxygen atoms in total. The number of rotatable bonds is 5. The van der Waals surface area contributed by atoms with Crippen molar-refractivity contribution in [2.75, 3.05) is 7.05 Å². The van der Waals surface area contributed by atoms with Gasteiger partial charge in [0.25, 0.3) is 0 Å². The second-order valence-corrected chi connectivity index (χ2v) is 6.48. The average Bonchev–Trinajstić information content (AvgIpc) is 2.31. The van der Waals surface area contributed by atoms with Crippen molar-refractivity contribution in [1.29, 1.82) is 0 Å². The minimum atomic E-state index is 0.274. The number of likely N-dealkylation sites (N-methyl/N-ethyl adjacent to an activating group) is 1. The van der Waals surface area contributed by atoms with Crippen LogP contribution in [0.15, 0.2) is 0 Å². The molecule has 0 heterocycles. The van der Waals surface area contributed by atoms with Crippen LogP contribution >= 0.6 is 0 Å². The molecule has 0 aromatic heterocycles. The molecule has 0 aliphatic heterocycles. The lowest BCUT2D eigenvalue weighted by molar-refractivity contribution is 0.0468. The molecular weight excluding hydrogens is 208 g/mol. The lowest BCUT2D eigenvalue weighted by Gasteiger charge is -2.46. The van der Waals surface area contributed by atoms with Crippen LogP contribution in [0.1, 0.15) is 66.2 Å². The van der Waals surface area contributed by atoms with Gasteiger partial charge in [0.1, 0.15) is 0 Å². The van der Waals surface area contributed by atoms with E-state index >= 15 is 0 Å². The Morgan fingerprint density at radius 3 is 2.41 bits per heavy atom. The van der Waals surface area contributed by atoms with Crippen molar-refractivity contribution >= 4 is 0 Å². The van der Waals surface area contributed by atoms with Gasteiger partial charge >= 0.3 is 0 Å². The molecule has 0 amide bonds. The number of nitrogens with zero attached hydrogens (tertiary/aromatic N) is 1. The van der Waals surface area contributed by atoms with Crippen molar-refractivity contribution in [2.24, 2.45) is 11.7 Å². The molecule has 102 valence electrons. The Bertz CT molecular complexity index is 225. The Labute approximate surface area is 108 Å². The Morgan fingerprint density at radius 2 is 1.88 bits per heavy atom. The molecule has 2 N–H and O–H groups in total. The van der Waals surface area contributed by atoms with Gasteiger partial charge in [0.2, 0.25) is 0 Å². The summed E-state index contributed by atoms with van der Waals surface area (Å²) in [6.07, 6.45) is 7.72. The summed E-state index contributed by atoms with van der Waals surface area (Å²) in [6, 6.07) is 0.953. The highest BCUT2D eigenvalue weighted by Crippen LogP contribution is 2.33. The van der Waals surface area contributed by atoms with Gasteiger partial charge in [0.15, 0.2) is 0 Å². The predicted molar refractivity (Wildman–Crippen MR) is 76.1 cm³/mol. The Balaban J connectivity index is 2.66. The van der Waals surface area contributed by atoms with E-state index in [2.05, 4.69) is 39.6 Å². The lowest BCUT2D eigenvalue weighted by Crippen LogP contribution is -2.56. The summed E-state index contributed by atoms with van der Waals surface area (Å²) < 4.78 is 0. The number of hydrogen-bond donors (Lipinski definition) is 1. The topological polar surface area (TPSA) is 29.3 Å². The van der Waals surface area contributed by atoms with Gasteiger partial charge in [-0.05, 0) is 52.5 Å². The van der Waals surface area contributed by atoms with Gasteiger partial charge in [-0.1, -0.05) is 26.7 Å². The van der Waals surface area contributed by atoms with E-state index in [-0.39, 0.29) is 5.54 Å². The molecule has 0 spiro atoms. The Hall–Kier alpha value is -0.0800. The first-order valence-electron chi connectivity index (χ1n) is 7.40. The van der Waals surface area contributed by atoms with Crippen molar-refractivity contribution in [3.05, 3.63) is 0 Å². The highest BCUT2D eigenvalue weighted by atomic mass is 15.2. The van der Waals surface area contributed by atoms with Crippen LogP contribution < -0.4 is 5.73 Å². The fourth-order valence-corrected chi connectivity index (χ4v) is 3.07. The molecule has 3 unspecified atom stereocenters. The molecule has 0 radical (unpaired) electrons. The summed E-state index contributed by atoms with van der Waals surface area (Å²) in [4.78, 5) is 2.54. The standard InChI is InChI=1S/C15H32N2/c1-6-8-12-9-10-13(16)14(11-12)17(5)15(3,4)7-2/h12-14H,6-11,16H2,1-5H3. The molecule has 1 aliphatic rings. The summed E-state index contributed by atoms with van der Waals surface area (Å²) in [6.45, 7) is 9.24. The van der Waals surface area contributed by atoms with E-state index < -0.39 is 0 Å². The third-order valence-corrected chi connectivity index (χ3v) is 4.99. The molecule has 1 aliphatic carbocycles. The van der Waals surface area contributed by atoms with Crippen molar-refractivity contribution < 1.29 is 0 Å². The van der Waals surface area contributed by atoms with Crippen LogP contribution in [0.2, 0.25) is 0 Å². The Morgan fingerprint density at radius 1 is 1.24 bits per heavy atom. The second kappa shape index (κ2) is 6.19. The zero-order valence-corrected chi connectivity index (χ0v) is 12.5. The summed E-state index contributed by atoms with van der Waals surface area (Å²) in [5, 5.41) is 0. The maximum absolute atomic E-state index is 6.35. The highest BCUT2D eigenvalue weighted by Gasteiger charge is 2.35. The van der Waals surface area contributed by atoms with Crippen molar-refractivity contribution in [3.63, 3.8) is 0 Å². The zero-order valence-electron chi connectivity index (χ0n) is 12.5. The fourth-order valence-electron chi connectivity index (χ4n) is 3.07. The average molecular weight is 240 g/mol. The SMILES string of the molecule is CCCC1CCC(N)C(N(C)C(C)(C)CC)C1. The minimum Gasteiger partial charge on any atom is -0.326 e.